The molecule has 0 saturated carbocycles. The lowest BCUT2D eigenvalue weighted by Crippen LogP contribution is -2.39. The minimum atomic E-state index is 0.0215. The van der Waals surface area contributed by atoms with Gasteiger partial charge in [-0.05, 0) is 56.9 Å². The monoisotopic (exact) mass is 405 g/mol. The highest BCUT2D eigenvalue weighted by molar-refractivity contribution is 5.96. The van der Waals surface area contributed by atoms with Crippen molar-refractivity contribution in [1.82, 2.24) is 19.8 Å². The molecule has 0 aliphatic carbocycles. The van der Waals surface area contributed by atoms with Crippen LogP contribution in [0, 0.1) is 12.8 Å². The number of aryl methyl sites for hydroxylation is 1. The number of piperidine rings is 1. The molecule has 0 unspecified atom stereocenters. The van der Waals surface area contributed by atoms with Gasteiger partial charge in [0.2, 0.25) is 5.91 Å². The third kappa shape index (κ3) is 3.58. The molecule has 0 atom stereocenters. The molecule has 8 heteroatoms. The molecule has 2 aromatic heterocycles. The van der Waals surface area contributed by atoms with Crippen molar-refractivity contribution in [1.29, 1.82) is 0 Å². The second kappa shape index (κ2) is 7.93. The predicted molar refractivity (Wildman–Crippen MR) is 117 cm³/mol. The largest absolute Gasteiger partial charge is 0.370 e. The second-order valence-electron chi connectivity index (χ2n) is 8.17. The highest BCUT2D eigenvalue weighted by atomic mass is 16.1. The lowest BCUT2D eigenvalue weighted by Gasteiger charge is -2.32. The number of aromatic nitrogens is 4. The Balaban J connectivity index is 1.23. The summed E-state index contributed by atoms with van der Waals surface area (Å²) in [6.07, 6.45) is 4.07. The SMILES string of the molecule is Cc1nnc2ccc(N3CCC(C(=O)Nc4ccccc4N4CCCC4)CC3)nn12. The first-order chi connectivity index (χ1) is 14.7. The number of hydrogen-bond donors (Lipinski definition) is 1. The van der Waals surface area contributed by atoms with Crippen LogP contribution in [0.1, 0.15) is 31.5 Å². The lowest BCUT2D eigenvalue weighted by molar-refractivity contribution is -0.120. The number of fused-ring (bicyclic) bond motifs is 1. The molecule has 8 nitrogen and oxygen atoms in total. The number of nitrogens with one attached hydrogen (secondary N) is 1. The number of hydrogen-bond acceptors (Lipinski definition) is 6. The molecule has 3 aromatic rings. The van der Waals surface area contributed by atoms with Crippen LogP contribution in [0.3, 0.4) is 0 Å². The third-order valence-electron chi connectivity index (χ3n) is 6.20. The minimum absolute atomic E-state index is 0.0215. The van der Waals surface area contributed by atoms with Crippen molar-refractivity contribution >= 4 is 28.7 Å². The van der Waals surface area contributed by atoms with Crippen molar-refractivity contribution < 1.29 is 4.79 Å². The molecule has 30 heavy (non-hydrogen) atoms. The van der Waals surface area contributed by atoms with Gasteiger partial charge in [-0.25, -0.2) is 0 Å². The first kappa shape index (κ1) is 18.8. The van der Waals surface area contributed by atoms with Gasteiger partial charge in [0.1, 0.15) is 5.82 Å². The van der Waals surface area contributed by atoms with Gasteiger partial charge in [0, 0.05) is 32.1 Å². The highest BCUT2D eigenvalue weighted by Gasteiger charge is 2.27. The van der Waals surface area contributed by atoms with Crippen LogP contribution in [0.15, 0.2) is 36.4 Å². The molecule has 1 aromatic carbocycles. The van der Waals surface area contributed by atoms with Crippen LogP contribution in [-0.4, -0.2) is 51.9 Å². The molecular formula is C22H27N7O. The standard InChI is InChI=1S/C22H27N7O/c1-16-24-25-20-8-9-21(26-29(16)20)28-14-10-17(11-15-28)22(30)23-18-6-2-3-7-19(18)27-12-4-5-13-27/h2-3,6-9,17H,4-5,10-15H2,1H3,(H,23,30). The van der Waals surface area contributed by atoms with Crippen LogP contribution in [0.25, 0.3) is 5.65 Å². The highest BCUT2D eigenvalue weighted by Crippen LogP contribution is 2.30. The van der Waals surface area contributed by atoms with Crippen molar-refractivity contribution in [3.05, 3.63) is 42.2 Å². The maximum absolute atomic E-state index is 13.0. The number of carbonyl (C=O) groups excluding carboxylic acids is 1. The van der Waals surface area contributed by atoms with Gasteiger partial charge in [-0.15, -0.1) is 15.3 Å². The molecule has 0 radical (unpaired) electrons. The van der Waals surface area contributed by atoms with Crippen LogP contribution >= 0.6 is 0 Å². The summed E-state index contributed by atoms with van der Waals surface area (Å²) in [6.45, 7) is 5.65. The fourth-order valence-electron chi connectivity index (χ4n) is 4.47. The Morgan fingerprint density at radius 3 is 2.53 bits per heavy atom. The normalized spacial score (nSPS) is 17.6. The van der Waals surface area contributed by atoms with Gasteiger partial charge < -0.3 is 15.1 Å². The van der Waals surface area contributed by atoms with Crippen molar-refractivity contribution in [2.75, 3.05) is 41.3 Å². The zero-order chi connectivity index (χ0) is 20.5. The van der Waals surface area contributed by atoms with Gasteiger partial charge >= 0.3 is 0 Å². The second-order valence-corrected chi connectivity index (χ2v) is 8.17. The van der Waals surface area contributed by atoms with E-state index >= 15 is 0 Å². The van der Waals surface area contributed by atoms with Gasteiger partial charge in [-0.2, -0.15) is 4.52 Å². The lowest BCUT2D eigenvalue weighted by atomic mass is 9.95. The van der Waals surface area contributed by atoms with Crippen LogP contribution < -0.4 is 15.1 Å². The molecular weight excluding hydrogens is 378 g/mol. The Labute approximate surface area is 175 Å². The quantitative estimate of drug-likeness (QED) is 0.719. The van der Waals surface area contributed by atoms with Crippen molar-refractivity contribution in [2.45, 2.75) is 32.6 Å². The molecule has 156 valence electrons. The summed E-state index contributed by atoms with van der Waals surface area (Å²) < 4.78 is 1.77. The zero-order valence-electron chi connectivity index (χ0n) is 17.3. The van der Waals surface area contributed by atoms with E-state index in [0.717, 1.165) is 67.7 Å². The molecule has 2 fully saturated rings. The summed E-state index contributed by atoms with van der Waals surface area (Å²) >= 11 is 0. The van der Waals surface area contributed by atoms with Gasteiger partial charge in [-0.3, -0.25) is 4.79 Å². The zero-order valence-corrected chi connectivity index (χ0v) is 17.3. The number of amides is 1. The van der Waals surface area contributed by atoms with E-state index in [4.69, 9.17) is 0 Å². The fourth-order valence-corrected chi connectivity index (χ4v) is 4.47. The number of rotatable bonds is 4. The Morgan fingerprint density at radius 2 is 1.73 bits per heavy atom. The first-order valence-electron chi connectivity index (χ1n) is 10.8. The fraction of sp³-hybridized carbons (Fsp3) is 0.455. The molecule has 1 N–H and O–H groups in total. The third-order valence-corrected chi connectivity index (χ3v) is 6.20. The molecule has 0 bridgehead atoms. The Hall–Kier alpha value is -3.16. The van der Waals surface area contributed by atoms with Gasteiger partial charge in [-0.1, -0.05) is 12.1 Å². The van der Waals surface area contributed by atoms with E-state index in [1.165, 1.54) is 12.8 Å². The summed E-state index contributed by atoms with van der Waals surface area (Å²) in [4.78, 5) is 17.6. The molecule has 5 rings (SSSR count). The van der Waals surface area contributed by atoms with E-state index < -0.39 is 0 Å². The molecule has 2 aliphatic rings. The molecule has 2 aliphatic heterocycles. The number of para-hydroxylation sites is 2. The number of nitrogens with zero attached hydrogens (tertiary/aromatic N) is 6. The van der Waals surface area contributed by atoms with Crippen LogP contribution in [0.5, 0.6) is 0 Å². The van der Waals surface area contributed by atoms with Crippen LogP contribution in [0.2, 0.25) is 0 Å². The molecule has 1 amide bonds. The molecule has 0 spiro atoms. The van der Waals surface area contributed by atoms with Gasteiger partial charge in [0.25, 0.3) is 0 Å². The average molecular weight is 406 g/mol. The number of anilines is 3. The smallest absolute Gasteiger partial charge is 0.227 e. The minimum Gasteiger partial charge on any atom is -0.370 e. The molecule has 2 saturated heterocycles. The van der Waals surface area contributed by atoms with Crippen molar-refractivity contribution in [3.63, 3.8) is 0 Å². The summed E-state index contributed by atoms with van der Waals surface area (Å²) in [5.74, 6) is 1.83. The van der Waals surface area contributed by atoms with E-state index in [0.29, 0.717) is 0 Å². The summed E-state index contributed by atoms with van der Waals surface area (Å²) in [7, 11) is 0. The van der Waals surface area contributed by atoms with Crippen molar-refractivity contribution in [3.8, 4) is 0 Å². The number of benzene rings is 1. The van der Waals surface area contributed by atoms with Crippen molar-refractivity contribution in [2.24, 2.45) is 5.92 Å². The van der Waals surface area contributed by atoms with E-state index in [1.54, 1.807) is 4.52 Å². The topological polar surface area (TPSA) is 78.7 Å². The maximum Gasteiger partial charge on any atom is 0.227 e. The number of carbonyl (C=O) groups is 1. The van der Waals surface area contributed by atoms with Crippen LogP contribution in [0.4, 0.5) is 17.2 Å². The van der Waals surface area contributed by atoms with Gasteiger partial charge in [0.15, 0.2) is 11.5 Å². The first-order valence-corrected chi connectivity index (χ1v) is 10.8. The van der Waals surface area contributed by atoms with E-state index in [2.05, 4.69) is 36.5 Å². The Morgan fingerprint density at radius 1 is 0.967 bits per heavy atom. The van der Waals surface area contributed by atoms with Gasteiger partial charge in [0.05, 0.1) is 11.4 Å². The Bertz CT molecular complexity index is 1050. The van der Waals surface area contributed by atoms with E-state index in [9.17, 15) is 4.79 Å². The van der Waals surface area contributed by atoms with E-state index in [-0.39, 0.29) is 11.8 Å². The van der Waals surface area contributed by atoms with E-state index in [1.807, 2.05) is 37.3 Å². The van der Waals surface area contributed by atoms with Crippen LogP contribution in [-0.2, 0) is 4.79 Å². The Kier molecular flexibility index (Phi) is 4.98. The summed E-state index contributed by atoms with van der Waals surface area (Å²) in [5.41, 5.74) is 2.83. The summed E-state index contributed by atoms with van der Waals surface area (Å²) in [6, 6.07) is 12.1. The molecule has 4 heterocycles. The predicted octanol–water partition coefficient (Wildman–Crippen LogP) is 2.89. The summed E-state index contributed by atoms with van der Waals surface area (Å²) in [5, 5.41) is 16.0. The maximum atomic E-state index is 13.0. The average Bonchev–Trinajstić information content (AvgIpc) is 3.44.